The van der Waals surface area contributed by atoms with E-state index in [9.17, 15) is 24.0 Å². The molecule has 0 radical (unpaired) electrons. The Morgan fingerprint density at radius 2 is 1.74 bits per heavy atom. The molecule has 2 aliphatic heterocycles. The van der Waals surface area contributed by atoms with Gasteiger partial charge in [0.2, 0.25) is 5.91 Å². The molecule has 2 atom stereocenters. The van der Waals surface area contributed by atoms with E-state index in [-0.39, 0.29) is 11.1 Å². The average Bonchev–Trinajstić information content (AvgIpc) is 3.31. The number of nitrogens with zero attached hydrogens (tertiary/aromatic N) is 3. The van der Waals surface area contributed by atoms with Crippen molar-refractivity contribution in [3.63, 3.8) is 0 Å². The standard InChI is InChI=1S/C24H22FN3O3/c1-24(2,14-26)20-11-10-19(15-6-5-7-16(25)12-15)28(20)21(29)13-27-22(30)17-8-3-4-9-18(17)23(27)31/h3-9,12,19-20H,10-11,13H2,1-2H3/t19-,20+/m0/s1. The number of carbonyl (C=O) groups excluding carboxylic acids is 3. The minimum absolute atomic E-state index is 0.275. The molecule has 0 bridgehead atoms. The molecule has 7 heteroatoms. The molecule has 4 rings (SSSR count). The van der Waals surface area contributed by atoms with Crippen LogP contribution in [0.15, 0.2) is 48.5 Å². The van der Waals surface area contributed by atoms with Crippen molar-refractivity contribution in [2.24, 2.45) is 5.41 Å². The molecule has 2 aliphatic rings. The second kappa shape index (κ2) is 7.62. The van der Waals surface area contributed by atoms with E-state index in [4.69, 9.17) is 0 Å². The number of fused-ring (bicyclic) bond motifs is 1. The molecule has 3 amide bonds. The van der Waals surface area contributed by atoms with E-state index < -0.39 is 47.6 Å². The molecule has 0 aliphatic carbocycles. The van der Waals surface area contributed by atoms with Gasteiger partial charge in [0.1, 0.15) is 12.4 Å². The van der Waals surface area contributed by atoms with Gasteiger partial charge in [0, 0.05) is 0 Å². The van der Waals surface area contributed by atoms with Crippen LogP contribution < -0.4 is 0 Å². The van der Waals surface area contributed by atoms with Gasteiger partial charge < -0.3 is 4.90 Å². The summed E-state index contributed by atoms with van der Waals surface area (Å²) in [6.45, 7) is 3.10. The average molecular weight is 419 g/mol. The molecular formula is C24H22FN3O3. The summed E-state index contributed by atoms with van der Waals surface area (Å²) in [6, 6.07) is 13.9. The second-order valence-electron chi connectivity index (χ2n) is 8.54. The quantitative estimate of drug-likeness (QED) is 0.708. The van der Waals surface area contributed by atoms with Gasteiger partial charge in [-0.25, -0.2) is 4.39 Å². The summed E-state index contributed by atoms with van der Waals surface area (Å²) >= 11 is 0. The van der Waals surface area contributed by atoms with Crippen molar-refractivity contribution in [1.29, 1.82) is 5.26 Å². The Hall–Kier alpha value is -3.53. The number of carbonyl (C=O) groups is 3. The van der Waals surface area contributed by atoms with E-state index in [1.807, 2.05) is 0 Å². The highest BCUT2D eigenvalue weighted by molar-refractivity contribution is 6.22. The number of amides is 3. The molecule has 2 heterocycles. The highest BCUT2D eigenvalue weighted by Gasteiger charge is 2.47. The van der Waals surface area contributed by atoms with Crippen LogP contribution in [-0.4, -0.2) is 40.1 Å². The fraction of sp³-hybridized carbons (Fsp3) is 0.333. The first-order valence-electron chi connectivity index (χ1n) is 10.2. The summed E-state index contributed by atoms with van der Waals surface area (Å²) < 4.78 is 13.9. The maximum Gasteiger partial charge on any atom is 0.262 e. The number of nitriles is 1. The maximum absolute atomic E-state index is 13.9. The maximum atomic E-state index is 13.9. The Morgan fingerprint density at radius 3 is 2.32 bits per heavy atom. The summed E-state index contributed by atoms with van der Waals surface area (Å²) in [5.41, 5.74) is 0.335. The van der Waals surface area contributed by atoms with Crippen LogP contribution >= 0.6 is 0 Å². The van der Waals surface area contributed by atoms with Gasteiger partial charge in [-0.05, 0) is 56.5 Å². The summed E-state index contributed by atoms with van der Waals surface area (Å²) in [6.07, 6.45) is 1.13. The molecule has 2 aromatic carbocycles. The smallest absolute Gasteiger partial charge is 0.262 e. The van der Waals surface area contributed by atoms with Crippen LogP contribution in [0.3, 0.4) is 0 Å². The van der Waals surface area contributed by atoms with E-state index in [1.165, 1.54) is 12.1 Å². The molecule has 0 aromatic heterocycles. The van der Waals surface area contributed by atoms with Crippen LogP contribution in [0.5, 0.6) is 0 Å². The van der Waals surface area contributed by atoms with Crippen molar-refractivity contribution >= 4 is 17.7 Å². The third kappa shape index (κ3) is 3.48. The Kier molecular flexibility index (Phi) is 5.10. The van der Waals surface area contributed by atoms with Crippen molar-refractivity contribution in [3.8, 4) is 6.07 Å². The Balaban J connectivity index is 1.66. The van der Waals surface area contributed by atoms with E-state index in [2.05, 4.69) is 6.07 Å². The van der Waals surface area contributed by atoms with Gasteiger partial charge in [-0.1, -0.05) is 24.3 Å². The van der Waals surface area contributed by atoms with E-state index in [0.717, 1.165) is 4.90 Å². The number of imide groups is 1. The molecule has 0 spiro atoms. The SMILES string of the molecule is CC(C)(C#N)[C@H]1CC[C@@H](c2cccc(F)c2)N1C(=O)CN1C(=O)c2ccccc2C1=O. The largest absolute Gasteiger partial charge is 0.330 e. The van der Waals surface area contributed by atoms with Crippen molar-refractivity contribution in [3.05, 3.63) is 71.0 Å². The number of hydrogen-bond donors (Lipinski definition) is 0. The van der Waals surface area contributed by atoms with Crippen LogP contribution in [-0.2, 0) is 4.79 Å². The second-order valence-corrected chi connectivity index (χ2v) is 8.54. The minimum atomic E-state index is -0.847. The molecule has 158 valence electrons. The first-order valence-corrected chi connectivity index (χ1v) is 10.2. The number of halogens is 1. The van der Waals surface area contributed by atoms with Gasteiger partial charge in [-0.3, -0.25) is 19.3 Å². The van der Waals surface area contributed by atoms with Gasteiger partial charge in [-0.15, -0.1) is 0 Å². The predicted molar refractivity (Wildman–Crippen MR) is 110 cm³/mol. The van der Waals surface area contributed by atoms with Gasteiger partial charge in [0.25, 0.3) is 11.8 Å². The third-order valence-electron chi connectivity index (χ3n) is 6.20. The molecular weight excluding hydrogens is 397 g/mol. The zero-order valence-corrected chi connectivity index (χ0v) is 17.3. The van der Waals surface area contributed by atoms with Gasteiger partial charge in [-0.2, -0.15) is 5.26 Å². The predicted octanol–water partition coefficient (Wildman–Crippen LogP) is 3.70. The fourth-order valence-electron chi connectivity index (χ4n) is 4.58. The molecule has 31 heavy (non-hydrogen) atoms. The molecule has 0 N–H and O–H groups in total. The molecule has 2 aromatic rings. The van der Waals surface area contributed by atoms with Crippen LogP contribution in [0.2, 0.25) is 0 Å². The lowest BCUT2D eigenvalue weighted by molar-refractivity contribution is -0.136. The van der Waals surface area contributed by atoms with Crippen molar-refractivity contribution < 1.29 is 18.8 Å². The van der Waals surface area contributed by atoms with Crippen LogP contribution in [0.25, 0.3) is 0 Å². The third-order valence-corrected chi connectivity index (χ3v) is 6.20. The lowest BCUT2D eigenvalue weighted by atomic mass is 9.84. The zero-order valence-electron chi connectivity index (χ0n) is 17.3. The summed E-state index contributed by atoms with van der Waals surface area (Å²) in [5.74, 6) is -1.86. The number of likely N-dealkylation sites (tertiary alicyclic amines) is 1. The molecule has 6 nitrogen and oxygen atoms in total. The number of rotatable bonds is 4. The van der Waals surface area contributed by atoms with Crippen molar-refractivity contribution in [2.75, 3.05) is 6.54 Å². The van der Waals surface area contributed by atoms with Gasteiger partial charge >= 0.3 is 0 Å². The highest BCUT2D eigenvalue weighted by Crippen LogP contribution is 2.43. The number of hydrogen-bond acceptors (Lipinski definition) is 4. The van der Waals surface area contributed by atoms with Crippen LogP contribution in [0.4, 0.5) is 4.39 Å². The monoisotopic (exact) mass is 419 g/mol. The van der Waals surface area contributed by atoms with E-state index in [1.54, 1.807) is 55.1 Å². The fourth-order valence-corrected chi connectivity index (χ4v) is 4.58. The Morgan fingerprint density at radius 1 is 1.10 bits per heavy atom. The van der Waals surface area contributed by atoms with Crippen molar-refractivity contribution in [1.82, 2.24) is 9.80 Å². The lowest BCUT2D eigenvalue weighted by Gasteiger charge is -2.37. The first kappa shape index (κ1) is 20.7. The first-order chi connectivity index (χ1) is 14.7. The van der Waals surface area contributed by atoms with Crippen LogP contribution in [0, 0.1) is 22.6 Å². The molecule has 1 saturated heterocycles. The summed E-state index contributed by atoms with van der Waals surface area (Å²) in [4.78, 5) is 41.4. The van der Waals surface area contributed by atoms with Gasteiger partial charge in [0.15, 0.2) is 0 Å². The number of benzene rings is 2. The summed E-state index contributed by atoms with van der Waals surface area (Å²) in [5, 5.41) is 9.68. The molecule has 1 fully saturated rings. The lowest BCUT2D eigenvalue weighted by Crippen LogP contribution is -2.49. The highest BCUT2D eigenvalue weighted by atomic mass is 19.1. The minimum Gasteiger partial charge on any atom is -0.330 e. The molecule has 0 saturated carbocycles. The Bertz CT molecular complexity index is 1090. The van der Waals surface area contributed by atoms with Crippen LogP contribution in [0.1, 0.15) is 59.0 Å². The van der Waals surface area contributed by atoms with E-state index >= 15 is 0 Å². The topological polar surface area (TPSA) is 81.5 Å². The van der Waals surface area contributed by atoms with Crippen molar-refractivity contribution in [2.45, 2.75) is 38.8 Å². The molecule has 0 unspecified atom stereocenters. The normalized spacial score (nSPS) is 20.7. The Labute approximate surface area is 179 Å². The van der Waals surface area contributed by atoms with E-state index in [0.29, 0.717) is 18.4 Å². The van der Waals surface area contributed by atoms with Gasteiger partial charge in [0.05, 0.1) is 34.7 Å². The zero-order chi connectivity index (χ0) is 22.3. The summed E-state index contributed by atoms with van der Waals surface area (Å²) in [7, 11) is 0.